The van der Waals surface area contributed by atoms with Gasteiger partial charge < -0.3 is 20.1 Å². The molecule has 1 atom stereocenters. The normalized spacial score (nSPS) is 12.0. The summed E-state index contributed by atoms with van der Waals surface area (Å²) >= 11 is 0. The van der Waals surface area contributed by atoms with Crippen molar-refractivity contribution in [3.63, 3.8) is 0 Å². The molecule has 0 unspecified atom stereocenters. The van der Waals surface area contributed by atoms with Crippen LogP contribution in [0.25, 0.3) is 22.2 Å². The standard InChI is InChI=1S/C30H28N6O8S/c1-43-26-14-11-20(17-27(26)45(41,42)36-25(28(37)38)15-18-9-12-21(13-10-18)35-44-40)19-5-4-6-22(16-19)31-30(39)34-29-32-23-7-2-3-8-24(23)33-29/h2-14,16-17,25,35-36,40H,15H2,1H3,(H,37,38)(H3,31,32,33,34,39)/t25-/m0/s1. The summed E-state index contributed by atoms with van der Waals surface area (Å²) in [5, 5.41) is 23.7. The number of carbonyl (C=O) groups excluding carboxylic acids is 1. The van der Waals surface area contributed by atoms with E-state index in [1.807, 2.05) is 24.3 Å². The van der Waals surface area contributed by atoms with Gasteiger partial charge in [-0.15, -0.1) is 4.99 Å². The smallest absolute Gasteiger partial charge is 0.326 e. The van der Waals surface area contributed by atoms with Gasteiger partial charge >= 0.3 is 12.0 Å². The molecule has 0 bridgehead atoms. The molecule has 0 saturated heterocycles. The fraction of sp³-hybridized carbons (Fsp3) is 0.100. The lowest BCUT2D eigenvalue weighted by Crippen LogP contribution is -2.42. The summed E-state index contributed by atoms with van der Waals surface area (Å²) in [6.07, 6.45) is -0.166. The maximum atomic E-state index is 13.5. The van der Waals surface area contributed by atoms with Crippen LogP contribution in [-0.4, -0.2) is 53.9 Å². The molecule has 1 heterocycles. The number of aromatic nitrogens is 2. The van der Waals surface area contributed by atoms with Crippen molar-refractivity contribution in [1.29, 1.82) is 0 Å². The predicted molar refractivity (Wildman–Crippen MR) is 166 cm³/mol. The molecule has 0 aliphatic rings. The van der Waals surface area contributed by atoms with Crippen LogP contribution in [0, 0.1) is 0 Å². The lowest BCUT2D eigenvalue weighted by molar-refractivity contribution is -0.215. The Morgan fingerprint density at radius 2 is 1.67 bits per heavy atom. The number of hydrogen-bond acceptors (Lipinski definition) is 9. The van der Waals surface area contributed by atoms with E-state index in [4.69, 9.17) is 9.99 Å². The number of hydrogen-bond donors (Lipinski definition) is 7. The van der Waals surface area contributed by atoms with Crippen molar-refractivity contribution >= 4 is 50.4 Å². The Hall–Kier alpha value is -5.48. The predicted octanol–water partition coefficient (Wildman–Crippen LogP) is 4.67. The Morgan fingerprint density at radius 3 is 2.38 bits per heavy atom. The third-order valence-electron chi connectivity index (χ3n) is 6.68. The fourth-order valence-corrected chi connectivity index (χ4v) is 5.94. The molecule has 15 heteroatoms. The van der Waals surface area contributed by atoms with Crippen LogP contribution in [0.3, 0.4) is 0 Å². The third kappa shape index (κ3) is 7.54. The molecule has 14 nitrogen and oxygen atoms in total. The van der Waals surface area contributed by atoms with Crippen LogP contribution in [0.5, 0.6) is 5.75 Å². The molecule has 5 aromatic rings. The Bertz CT molecular complexity index is 1910. The molecule has 0 spiro atoms. The number of carbonyl (C=O) groups is 2. The Kier molecular flexibility index (Phi) is 9.25. The summed E-state index contributed by atoms with van der Waals surface area (Å²) in [5.74, 6) is -1.10. The average molecular weight is 633 g/mol. The molecule has 0 saturated carbocycles. The van der Waals surface area contributed by atoms with Crippen LogP contribution in [0.2, 0.25) is 0 Å². The van der Waals surface area contributed by atoms with E-state index in [9.17, 15) is 23.1 Å². The zero-order valence-electron chi connectivity index (χ0n) is 23.6. The van der Waals surface area contributed by atoms with Gasteiger partial charge in [-0.3, -0.25) is 10.1 Å². The van der Waals surface area contributed by atoms with E-state index >= 15 is 0 Å². The first-order valence-electron chi connectivity index (χ1n) is 13.4. The number of anilines is 3. The van der Waals surface area contributed by atoms with Crippen LogP contribution < -0.4 is 25.6 Å². The number of nitrogens with one attached hydrogen (secondary N) is 5. The molecule has 0 aliphatic heterocycles. The zero-order valence-corrected chi connectivity index (χ0v) is 24.5. The minimum absolute atomic E-state index is 0.00862. The third-order valence-corrected chi connectivity index (χ3v) is 8.17. The highest BCUT2D eigenvalue weighted by molar-refractivity contribution is 7.89. The van der Waals surface area contributed by atoms with E-state index in [0.717, 1.165) is 5.52 Å². The fourth-order valence-electron chi connectivity index (χ4n) is 4.55. The van der Waals surface area contributed by atoms with Crippen LogP contribution in [0.4, 0.5) is 22.1 Å². The monoisotopic (exact) mass is 632 g/mol. The molecule has 5 rings (SSSR count). The molecule has 0 fully saturated rings. The van der Waals surface area contributed by atoms with Gasteiger partial charge in [0.1, 0.15) is 16.7 Å². The van der Waals surface area contributed by atoms with E-state index < -0.39 is 28.1 Å². The second-order valence-corrected chi connectivity index (χ2v) is 11.4. The van der Waals surface area contributed by atoms with Gasteiger partial charge in [-0.05, 0) is 71.6 Å². The van der Waals surface area contributed by atoms with Crippen molar-refractivity contribution in [3.8, 4) is 16.9 Å². The van der Waals surface area contributed by atoms with Gasteiger partial charge in [0.2, 0.25) is 16.0 Å². The van der Waals surface area contributed by atoms with Crippen LogP contribution in [0.1, 0.15) is 5.56 Å². The van der Waals surface area contributed by atoms with Crippen LogP contribution >= 0.6 is 0 Å². The first-order valence-corrected chi connectivity index (χ1v) is 14.9. The molecule has 7 N–H and O–H groups in total. The number of ether oxygens (including phenoxy) is 1. The Balaban J connectivity index is 1.34. The highest BCUT2D eigenvalue weighted by Gasteiger charge is 2.28. The van der Waals surface area contributed by atoms with Gasteiger partial charge in [0.05, 0.1) is 23.8 Å². The van der Waals surface area contributed by atoms with Crippen molar-refractivity contribution in [2.24, 2.45) is 0 Å². The van der Waals surface area contributed by atoms with Gasteiger partial charge in [0.15, 0.2) is 0 Å². The molecule has 0 radical (unpaired) electrons. The number of aromatic amines is 1. The van der Waals surface area contributed by atoms with Crippen LogP contribution in [0.15, 0.2) is 95.9 Å². The highest BCUT2D eigenvalue weighted by atomic mass is 32.2. The summed E-state index contributed by atoms with van der Waals surface area (Å²) in [6, 6.07) is 22.7. The number of aliphatic carboxylic acids is 1. The number of amides is 2. The van der Waals surface area contributed by atoms with Crippen molar-refractivity contribution in [3.05, 3.63) is 96.6 Å². The Morgan fingerprint density at radius 1 is 0.911 bits per heavy atom. The molecule has 0 aliphatic carbocycles. The van der Waals surface area contributed by atoms with Gasteiger partial charge in [-0.2, -0.15) is 4.72 Å². The van der Waals surface area contributed by atoms with E-state index in [0.29, 0.717) is 33.6 Å². The van der Waals surface area contributed by atoms with Crippen molar-refractivity contribution in [2.45, 2.75) is 17.4 Å². The number of sulfonamides is 1. The van der Waals surface area contributed by atoms with E-state index in [1.54, 1.807) is 42.5 Å². The number of benzene rings is 4. The van der Waals surface area contributed by atoms with Gasteiger partial charge in [-0.25, -0.2) is 28.9 Å². The molecular weight excluding hydrogens is 604 g/mol. The largest absolute Gasteiger partial charge is 0.495 e. The van der Waals surface area contributed by atoms with Crippen LogP contribution in [-0.2, 0) is 26.2 Å². The summed E-state index contributed by atoms with van der Waals surface area (Å²) in [7, 11) is -3.10. The van der Waals surface area contributed by atoms with E-state index in [-0.39, 0.29) is 23.0 Å². The quantitative estimate of drug-likeness (QED) is 0.0748. The maximum Gasteiger partial charge on any atom is 0.326 e. The van der Waals surface area contributed by atoms with Crippen molar-refractivity contribution < 1.29 is 38.1 Å². The number of urea groups is 1. The topological polar surface area (TPSA) is 204 Å². The zero-order chi connectivity index (χ0) is 32.0. The van der Waals surface area contributed by atoms with Crippen molar-refractivity contribution in [1.82, 2.24) is 14.7 Å². The maximum absolute atomic E-state index is 13.5. The SMILES string of the molecule is COc1ccc(-c2cccc(NC(=O)Nc3nc4ccccc4[nH]3)c2)cc1S(=O)(=O)N[C@@H](Cc1ccc(NOO)cc1)C(=O)O. The van der Waals surface area contributed by atoms with E-state index in [1.165, 1.54) is 31.4 Å². The second-order valence-electron chi connectivity index (χ2n) is 9.73. The minimum Gasteiger partial charge on any atom is -0.495 e. The molecule has 2 amide bonds. The number of H-pyrrole nitrogens is 1. The molecule has 45 heavy (non-hydrogen) atoms. The number of carboxylic acid groups (broad SMARTS) is 1. The average Bonchev–Trinajstić information content (AvgIpc) is 3.43. The van der Waals surface area contributed by atoms with Gasteiger partial charge in [-0.1, -0.05) is 42.5 Å². The number of methoxy groups -OCH3 is 1. The first kappa shape index (κ1) is 31.0. The highest BCUT2D eigenvalue weighted by Crippen LogP contribution is 2.31. The molecule has 4 aromatic carbocycles. The summed E-state index contributed by atoms with van der Waals surface area (Å²) in [6.45, 7) is 0. The number of carboxylic acids is 1. The van der Waals surface area contributed by atoms with E-state index in [2.05, 4.69) is 35.8 Å². The molecule has 232 valence electrons. The summed E-state index contributed by atoms with van der Waals surface area (Å²) in [4.78, 5) is 35.6. The number of imidazole rings is 1. The first-order chi connectivity index (χ1) is 21.6. The summed E-state index contributed by atoms with van der Waals surface area (Å²) < 4.78 is 34.6. The second kappa shape index (κ2) is 13.4. The van der Waals surface area contributed by atoms with Crippen molar-refractivity contribution in [2.75, 3.05) is 23.2 Å². The molecular formula is C30H28N6O8S. The number of para-hydroxylation sites is 2. The van der Waals surface area contributed by atoms with Gasteiger partial charge in [0, 0.05) is 5.69 Å². The number of nitrogens with zero attached hydrogens (tertiary/aromatic N) is 1. The van der Waals surface area contributed by atoms with Gasteiger partial charge in [0.25, 0.3) is 0 Å². The lowest BCUT2D eigenvalue weighted by atomic mass is 10.0. The summed E-state index contributed by atoms with van der Waals surface area (Å²) in [5.41, 5.74) is 6.08. The number of rotatable bonds is 12. The number of fused-ring (bicyclic) bond motifs is 1. The Labute approximate surface area is 257 Å². The molecule has 1 aromatic heterocycles. The lowest BCUT2D eigenvalue weighted by Gasteiger charge is -2.17. The minimum atomic E-state index is -4.40.